The summed E-state index contributed by atoms with van der Waals surface area (Å²) in [7, 11) is 0. The van der Waals surface area contributed by atoms with Crippen LogP contribution in [0.25, 0.3) is 0 Å². The molecule has 1 aromatic rings. The minimum atomic E-state index is -0.305. The second-order valence-corrected chi connectivity index (χ2v) is 4.56. The average Bonchev–Trinajstić information content (AvgIpc) is 3.04. The number of hydrogen-bond donors (Lipinski definition) is 1. The topological polar surface area (TPSA) is 35.2 Å². The third kappa shape index (κ3) is 2.95. The fourth-order valence-corrected chi connectivity index (χ4v) is 1.66. The van der Waals surface area contributed by atoms with Crippen molar-refractivity contribution in [3.05, 3.63) is 29.6 Å². The molecule has 1 unspecified atom stereocenters. The summed E-state index contributed by atoms with van der Waals surface area (Å²) >= 11 is 0. The molecular formula is C13H18FNO. The van der Waals surface area contributed by atoms with Crippen LogP contribution in [0.1, 0.15) is 37.8 Å². The summed E-state index contributed by atoms with van der Waals surface area (Å²) in [6, 6.07) is 4.73. The van der Waals surface area contributed by atoms with E-state index in [9.17, 15) is 4.39 Å². The second-order valence-electron chi connectivity index (χ2n) is 4.56. The summed E-state index contributed by atoms with van der Waals surface area (Å²) in [6.07, 6.45) is 3.62. The molecular weight excluding hydrogens is 205 g/mol. The van der Waals surface area contributed by atoms with E-state index in [1.165, 1.54) is 18.9 Å². The van der Waals surface area contributed by atoms with Crippen LogP contribution in [0.5, 0.6) is 5.75 Å². The van der Waals surface area contributed by atoms with Crippen LogP contribution >= 0.6 is 0 Å². The van der Waals surface area contributed by atoms with Crippen LogP contribution in [0.2, 0.25) is 0 Å². The van der Waals surface area contributed by atoms with Crippen LogP contribution in [0.3, 0.4) is 0 Å². The highest BCUT2D eigenvalue weighted by Crippen LogP contribution is 2.32. The van der Waals surface area contributed by atoms with Crippen LogP contribution < -0.4 is 10.5 Å². The summed E-state index contributed by atoms with van der Waals surface area (Å²) in [6.45, 7) is 2.48. The molecule has 0 bridgehead atoms. The number of halogens is 1. The summed E-state index contributed by atoms with van der Waals surface area (Å²) in [5.41, 5.74) is 6.65. The first-order valence-electron chi connectivity index (χ1n) is 5.84. The maximum absolute atomic E-state index is 13.4. The number of ether oxygens (including phenoxy) is 1. The van der Waals surface area contributed by atoms with Crippen LogP contribution in [0.4, 0.5) is 4.39 Å². The molecule has 1 saturated carbocycles. The molecule has 88 valence electrons. The van der Waals surface area contributed by atoms with Gasteiger partial charge in [-0.2, -0.15) is 0 Å². The van der Waals surface area contributed by atoms with Crippen LogP contribution in [0, 0.1) is 11.7 Å². The molecule has 1 aromatic carbocycles. The molecule has 3 heteroatoms. The van der Waals surface area contributed by atoms with Crippen molar-refractivity contribution >= 4 is 0 Å². The minimum absolute atomic E-state index is 0.0913. The Morgan fingerprint density at radius 1 is 1.50 bits per heavy atom. The van der Waals surface area contributed by atoms with E-state index in [0.29, 0.717) is 12.4 Å². The monoisotopic (exact) mass is 223 g/mol. The standard InChI is InChI=1S/C13H18FNO/c1-9(15)11-4-5-12(14)13(8-11)16-7-6-10-2-3-10/h4-5,8-10H,2-3,6-7,15H2,1H3. The van der Waals surface area contributed by atoms with Crippen molar-refractivity contribution in [2.75, 3.05) is 6.61 Å². The van der Waals surface area contributed by atoms with Gasteiger partial charge in [-0.1, -0.05) is 18.9 Å². The average molecular weight is 223 g/mol. The third-order valence-electron chi connectivity index (χ3n) is 2.96. The van der Waals surface area contributed by atoms with Gasteiger partial charge in [-0.15, -0.1) is 0 Å². The molecule has 1 aliphatic carbocycles. The Kier molecular flexibility index (Phi) is 3.44. The molecule has 16 heavy (non-hydrogen) atoms. The summed E-state index contributed by atoms with van der Waals surface area (Å²) in [5.74, 6) is 0.829. The van der Waals surface area contributed by atoms with Gasteiger partial charge >= 0.3 is 0 Å². The Morgan fingerprint density at radius 3 is 2.88 bits per heavy atom. The van der Waals surface area contributed by atoms with Gasteiger partial charge in [0, 0.05) is 6.04 Å². The van der Waals surface area contributed by atoms with Gasteiger partial charge in [0.15, 0.2) is 11.6 Å². The van der Waals surface area contributed by atoms with Gasteiger partial charge in [0.1, 0.15) is 0 Å². The van der Waals surface area contributed by atoms with Crippen molar-refractivity contribution in [2.24, 2.45) is 11.7 Å². The van der Waals surface area contributed by atoms with Crippen molar-refractivity contribution in [2.45, 2.75) is 32.2 Å². The minimum Gasteiger partial charge on any atom is -0.490 e. The first-order chi connectivity index (χ1) is 7.66. The largest absolute Gasteiger partial charge is 0.490 e. The van der Waals surface area contributed by atoms with E-state index in [1.54, 1.807) is 12.1 Å². The molecule has 2 rings (SSSR count). The van der Waals surface area contributed by atoms with Gasteiger partial charge in [0.05, 0.1) is 6.61 Å². The predicted molar refractivity (Wildman–Crippen MR) is 61.8 cm³/mol. The number of benzene rings is 1. The van der Waals surface area contributed by atoms with Gasteiger partial charge in [-0.3, -0.25) is 0 Å². The zero-order chi connectivity index (χ0) is 11.5. The maximum atomic E-state index is 13.4. The van der Waals surface area contributed by atoms with E-state index in [0.717, 1.165) is 17.9 Å². The van der Waals surface area contributed by atoms with Crippen molar-refractivity contribution in [3.63, 3.8) is 0 Å². The highest BCUT2D eigenvalue weighted by atomic mass is 19.1. The molecule has 0 spiro atoms. The van der Waals surface area contributed by atoms with Crippen molar-refractivity contribution in [1.82, 2.24) is 0 Å². The Labute approximate surface area is 95.6 Å². The maximum Gasteiger partial charge on any atom is 0.165 e. The van der Waals surface area contributed by atoms with Gasteiger partial charge in [-0.05, 0) is 37.0 Å². The predicted octanol–water partition coefficient (Wildman–Crippen LogP) is 3.02. The Morgan fingerprint density at radius 2 is 2.25 bits per heavy atom. The van der Waals surface area contributed by atoms with Crippen molar-refractivity contribution in [1.29, 1.82) is 0 Å². The zero-order valence-electron chi connectivity index (χ0n) is 9.58. The highest BCUT2D eigenvalue weighted by Gasteiger charge is 2.21. The Bertz CT molecular complexity index is 361. The first-order valence-corrected chi connectivity index (χ1v) is 5.84. The fourth-order valence-electron chi connectivity index (χ4n) is 1.66. The first kappa shape index (κ1) is 11.4. The molecule has 1 aliphatic rings. The number of nitrogens with two attached hydrogens (primary N) is 1. The zero-order valence-corrected chi connectivity index (χ0v) is 9.58. The molecule has 0 saturated heterocycles. The Hall–Kier alpha value is -1.09. The third-order valence-corrected chi connectivity index (χ3v) is 2.96. The van der Waals surface area contributed by atoms with Crippen LogP contribution in [-0.4, -0.2) is 6.61 Å². The lowest BCUT2D eigenvalue weighted by Gasteiger charge is -2.10. The molecule has 0 radical (unpaired) electrons. The molecule has 2 N–H and O–H groups in total. The van der Waals surface area contributed by atoms with E-state index in [4.69, 9.17) is 10.5 Å². The van der Waals surface area contributed by atoms with Crippen molar-refractivity contribution < 1.29 is 9.13 Å². The lowest BCUT2D eigenvalue weighted by molar-refractivity contribution is 0.287. The van der Waals surface area contributed by atoms with E-state index in [-0.39, 0.29) is 11.9 Å². The molecule has 1 fully saturated rings. The van der Waals surface area contributed by atoms with Gasteiger partial charge < -0.3 is 10.5 Å². The molecule has 1 atom stereocenters. The summed E-state index contributed by atoms with van der Waals surface area (Å²) in [4.78, 5) is 0. The molecule has 0 aromatic heterocycles. The molecule has 0 amide bonds. The van der Waals surface area contributed by atoms with E-state index in [1.807, 2.05) is 6.92 Å². The van der Waals surface area contributed by atoms with E-state index >= 15 is 0 Å². The van der Waals surface area contributed by atoms with Gasteiger partial charge in [-0.25, -0.2) is 4.39 Å². The summed E-state index contributed by atoms with van der Waals surface area (Å²) < 4.78 is 18.9. The summed E-state index contributed by atoms with van der Waals surface area (Å²) in [5, 5.41) is 0. The SMILES string of the molecule is CC(N)c1ccc(F)c(OCCC2CC2)c1. The van der Waals surface area contributed by atoms with Crippen molar-refractivity contribution in [3.8, 4) is 5.75 Å². The van der Waals surface area contributed by atoms with Gasteiger partial charge in [0.25, 0.3) is 0 Å². The normalized spacial score (nSPS) is 17.2. The number of rotatable bonds is 5. The molecule has 2 nitrogen and oxygen atoms in total. The van der Waals surface area contributed by atoms with E-state index < -0.39 is 0 Å². The fraction of sp³-hybridized carbons (Fsp3) is 0.538. The smallest absolute Gasteiger partial charge is 0.165 e. The highest BCUT2D eigenvalue weighted by molar-refractivity contribution is 5.31. The molecule has 0 aliphatic heterocycles. The van der Waals surface area contributed by atoms with Gasteiger partial charge in [0.2, 0.25) is 0 Å². The second kappa shape index (κ2) is 4.83. The van der Waals surface area contributed by atoms with E-state index in [2.05, 4.69) is 0 Å². The lowest BCUT2D eigenvalue weighted by atomic mass is 10.1. The number of hydrogen-bond acceptors (Lipinski definition) is 2. The van der Waals surface area contributed by atoms with Crippen LogP contribution in [-0.2, 0) is 0 Å². The van der Waals surface area contributed by atoms with Crippen LogP contribution in [0.15, 0.2) is 18.2 Å². The molecule has 0 heterocycles. The quantitative estimate of drug-likeness (QED) is 0.832. The lowest BCUT2D eigenvalue weighted by Crippen LogP contribution is -2.06. The Balaban J connectivity index is 1.96.